The van der Waals surface area contributed by atoms with Crippen molar-refractivity contribution in [1.82, 2.24) is 15.3 Å². The number of hydrogen-bond acceptors (Lipinski definition) is 4. The molecule has 1 aliphatic carbocycles. The number of nitrogen functional groups attached to an aromatic ring is 1. The normalized spacial score (nSPS) is 21.6. The molecule has 0 unspecified atom stereocenters. The zero-order valence-corrected chi connectivity index (χ0v) is 7.58. The average molecular weight is 190 g/mol. The summed E-state index contributed by atoms with van der Waals surface area (Å²) in [7, 11) is 0. The van der Waals surface area contributed by atoms with E-state index in [1.807, 2.05) is 0 Å². The lowest BCUT2D eigenvalue weighted by Crippen LogP contribution is -2.40. The fourth-order valence-electron chi connectivity index (χ4n) is 2.01. The third-order valence-electron chi connectivity index (χ3n) is 2.96. The number of carbonyl (C=O) groups excluding carboxylic acids is 1. The van der Waals surface area contributed by atoms with Crippen molar-refractivity contribution in [1.29, 1.82) is 0 Å². The fourth-order valence-corrected chi connectivity index (χ4v) is 2.01. The Bertz CT molecular complexity index is 425. The van der Waals surface area contributed by atoms with Gasteiger partial charge in [-0.25, -0.2) is 9.97 Å². The van der Waals surface area contributed by atoms with Crippen molar-refractivity contribution in [3.8, 4) is 0 Å². The highest BCUT2D eigenvalue weighted by atomic mass is 16.2. The smallest absolute Gasteiger partial charge is 0.232 e. The number of nitrogens with two attached hydrogens (primary N) is 1. The van der Waals surface area contributed by atoms with E-state index in [1.165, 1.54) is 0 Å². The van der Waals surface area contributed by atoms with E-state index in [0.29, 0.717) is 6.54 Å². The van der Waals surface area contributed by atoms with Gasteiger partial charge in [-0.1, -0.05) is 0 Å². The van der Waals surface area contributed by atoms with Crippen LogP contribution in [0.1, 0.15) is 24.1 Å². The van der Waals surface area contributed by atoms with Crippen LogP contribution in [0.3, 0.4) is 0 Å². The van der Waals surface area contributed by atoms with Crippen LogP contribution in [0.4, 0.5) is 5.95 Å². The minimum absolute atomic E-state index is 0.0862. The molecule has 1 amide bonds. The molecule has 2 heterocycles. The van der Waals surface area contributed by atoms with Crippen molar-refractivity contribution in [3.63, 3.8) is 0 Å². The van der Waals surface area contributed by atoms with E-state index in [-0.39, 0.29) is 17.3 Å². The molecule has 0 aromatic carbocycles. The maximum atomic E-state index is 11.6. The van der Waals surface area contributed by atoms with Crippen LogP contribution in [0.5, 0.6) is 0 Å². The molecule has 1 fully saturated rings. The number of fused-ring (bicyclic) bond motifs is 2. The van der Waals surface area contributed by atoms with Crippen LogP contribution in [0, 0.1) is 0 Å². The van der Waals surface area contributed by atoms with Gasteiger partial charge in [-0.05, 0) is 12.8 Å². The number of hydrogen-bond donors (Lipinski definition) is 2. The molecule has 1 aliphatic heterocycles. The first-order chi connectivity index (χ1) is 6.72. The highest BCUT2D eigenvalue weighted by molar-refractivity contribution is 5.92. The topological polar surface area (TPSA) is 80.9 Å². The largest absolute Gasteiger partial charge is 0.368 e. The maximum absolute atomic E-state index is 11.6. The van der Waals surface area contributed by atoms with Crippen molar-refractivity contribution >= 4 is 11.9 Å². The first kappa shape index (κ1) is 7.73. The second-order valence-electron chi connectivity index (χ2n) is 3.87. The van der Waals surface area contributed by atoms with Gasteiger partial charge in [-0.3, -0.25) is 4.79 Å². The van der Waals surface area contributed by atoms with Gasteiger partial charge in [-0.2, -0.15) is 0 Å². The number of amides is 1. The second-order valence-corrected chi connectivity index (χ2v) is 3.87. The van der Waals surface area contributed by atoms with E-state index in [4.69, 9.17) is 5.73 Å². The lowest BCUT2D eigenvalue weighted by Gasteiger charge is -2.23. The molecule has 72 valence electrons. The summed E-state index contributed by atoms with van der Waals surface area (Å²) in [5.41, 5.74) is 6.99. The SMILES string of the molecule is Nc1ncc2c(n1)C1(CC1)C(=O)NC2. The lowest BCUT2D eigenvalue weighted by molar-refractivity contribution is -0.124. The molecule has 1 spiro atoms. The number of carbonyl (C=O) groups is 1. The molecule has 0 bridgehead atoms. The number of anilines is 1. The Kier molecular flexibility index (Phi) is 1.23. The minimum atomic E-state index is -0.370. The van der Waals surface area contributed by atoms with E-state index in [2.05, 4.69) is 15.3 Å². The van der Waals surface area contributed by atoms with Crippen LogP contribution >= 0.6 is 0 Å². The van der Waals surface area contributed by atoms with E-state index in [9.17, 15) is 4.79 Å². The molecular weight excluding hydrogens is 180 g/mol. The molecule has 2 aliphatic rings. The third kappa shape index (κ3) is 0.814. The van der Waals surface area contributed by atoms with Crippen LogP contribution in [0.25, 0.3) is 0 Å². The summed E-state index contributed by atoms with van der Waals surface area (Å²) < 4.78 is 0. The Hall–Kier alpha value is -1.65. The average Bonchev–Trinajstić information content (AvgIpc) is 2.94. The van der Waals surface area contributed by atoms with Crippen molar-refractivity contribution in [2.45, 2.75) is 24.8 Å². The first-order valence-corrected chi connectivity index (χ1v) is 4.62. The number of nitrogens with zero attached hydrogens (tertiary/aromatic N) is 2. The van der Waals surface area contributed by atoms with Crippen LogP contribution in [0.15, 0.2) is 6.20 Å². The van der Waals surface area contributed by atoms with Crippen LogP contribution in [0.2, 0.25) is 0 Å². The molecule has 0 radical (unpaired) electrons. The van der Waals surface area contributed by atoms with Gasteiger partial charge in [0.1, 0.15) is 0 Å². The minimum Gasteiger partial charge on any atom is -0.368 e. The van der Waals surface area contributed by atoms with Gasteiger partial charge in [-0.15, -0.1) is 0 Å². The summed E-state index contributed by atoms with van der Waals surface area (Å²) in [4.78, 5) is 19.8. The van der Waals surface area contributed by atoms with E-state index >= 15 is 0 Å². The van der Waals surface area contributed by atoms with Gasteiger partial charge in [0.05, 0.1) is 11.1 Å². The van der Waals surface area contributed by atoms with E-state index in [0.717, 1.165) is 24.1 Å². The van der Waals surface area contributed by atoms with E-state index in [1.54, 1.807) is 6.20 Å². The number of aromatic nitrogens is 2. The Morgan fingerprint density at radius 1 is 1.50 bits per heavy atom. The lowest BCUT2D eigenvalue weighted by atomic mass is 9.93. The fraction of sp³-hybridized carbons (Fsp3) is 0.444. The van der Waals surface area contributed by atoms with Crippen molar-refractivity contribution in [2.75, 3.05) is 5.73 Å². The molecule has 1 aromatic rings. The summed E-state index contributed by atoms with van der Waals surface area (Å²) in [6, 6.07) is 0. The molecule has 3 rings (SSSR count). The quantitative estimate of drug-likeness (QED) is 0.589. The molecule has 14 heavy (non-hydrogen) atoms. The zero-order chi connectivity index (χ0) is 9.76. The van der Waals surface area contributed by atoms with Gasteiger partial charge in [0.25, 0.3) is 0 Å². The summed E-state index contributed by atoms with van der Waals surface area (Å²) in [6.07, 6.45) is 3.46. The maximum Gasteiger partial charge on any atom is 0.232 e. The molecule has 0 atom stereocenters. The van der Waals surface area contributed by atoms with Gasteiger partial charge < -0.3 is 11.1 Å². The Balaban J connectivity index is 2.20. The third-order valence-corrected chi connectivity index (χ3v) is 2.96. The molecule has 1 saturated carbocycles. The highest BCUT2D eigenvalue weighted by Gasteiger charge is 2.55. The van der Waals surface area contributed by atoms with Crippen LogP contribution in [-0.4, -0.2) is 15.9 Å². The summed E-state index contributed by atoms with van der Waals surface area (Å²) >= 11 is 0. The number of rotatable bonds is 0. The highest BCUT2D eigenvalue weighted by Crippen LogP contribution is 2.50. The molecular formula is C9H10N4O. The number of nitrogens with one attached hydrogen (secondary N) is 1. The molecule has 0 saturated heterocycles. The van der Waals surface area contributed by atoms with Gasteiger partial charge in [0.2, 0.25) is 11.9 Å². The van der Waals surface area contributed by atoms with Gasteiger partial charge in [0.15, 0.2) is 0 Å². The molecule has 5 nitrogen and oxygen atoms in total. The molecule has 3 N–H and O–H groups in total. The van der Waals surface area contributed by atoms with Crippen LogP contribution in [-0.2, 0) is 16.8 Å². The van der Waals surface area contributed by atoms with Crippen molar-refractivity contribution in [2.24, 2.45) is 0 Å². The summed E-state index contributed by atoms with van der Waals surface area (Å²) in [6.45, 7) is 0.524. The zero-order valence-electron chi connectivity index (χ0n) is 7.58. The Labute approximate surface area is 80.7 Å². The van der Waals surface area contributed by atoms with Crippen molar-refractivity contribution in [3.05, 3.63) is 17.5 Å². The Morgan fingerprint density at radius 2 is 2.29 bits per heavy atom. The van der Waals surface area contributed by atoms with Crippen LogP contribution < -0.4 is 11.1 Å². The van der Waals surface area contributed by atoms with Gasteiger partial charge >= 0.3 is 0 Å². The Morgan fingerprint density at radius 3 is 3.00 bits per heavy atom. The standard InChI is InChI=1S/C9H10N4O/c10-8-12-4-5-3-11-7(14)9(1-2-9)6(5)13-8/h4H,1-3H2,(H,11,14)(H2,10,12,13). The first-order valence-electron chi connectivity index (χ1n) is 4.62. The summed E-state index contributed by atoms with van der Waals surface area (Å²) in [5, 5.41) is 2.85. The molecule has 5 heteroatoms. The van der Waals surface area contributed by atoms with Crippen molar-refractivity contribution < 1.29 is 4.79 Å². The summed E-state index contributed by atoms with van der Waals surface area (Å²) in [5.74, 6) is 0.341. The van der Waals surface area contributed by atoms with Gasteiger partial charge in [0, 0.05) is 18.3 Å². The second kappa shape index (κ2) is 2.23. The monoisotopic (exact) mass is 190 g/mol. The van der Waals surface area contributed by atoms with E-state index < -0.39 is 0 Å². The molecule has 1 aromatic heterocycles. The predicted molar refractivity (Wildman–Crippen MR) is 49.2 cm³/mol. The predicted octanol–water partition coefficient (Wildman–Crippen LogP) is -0.280.